The van der Waals surface area contributed by atoms with Crippen molar-refractivity contribution in [1.82, 2.24) is 9.80 Å². The predicted octanol–water partition coefficient (Wildman–Crippen LogP) is 1.51. The molecule has 0 aromatic carbocycles. The number of hydrogen-bond donors (Lipinski definition) is 0. The van der Waals surface area contributed by atoms with Gasteiger partial charge in [0, 0.05) is 6.54 Å². The van der Waals surface area contributed by atoms with Gasteiger partial charge in [0.25, 0.3) is 0 Å². The van der Waals surface area contributed by atoms with Gasteiger partial charge in [0.2, 0.25) is 0 Å². The molecule has 0 aromatic heterocycles. The fraction of sp³-hybridized carbons (Fsp3) is 0.909. The normalized spacial score (nSPS) is 26.3. The van der Waals surface area contributed by atoms with Crippen molar-refractivity contribution < 1.29 is 13.9 Å². The molecule has 2 unspecified atom stereocenters. The maximum absolute atomic E-state index is 13.6. The van der Waals surface area contributed by atoms with E-state index in [4.69, 9.17) is 4.74 Å². The number of nitrogens with zero attached hydrogens (tertiary/aromatic N) is 2. The number of amides is 1. The number of halogens is 1. The third-order valence-electron chi connectivity index (χ3n) is 2.53. The first-order chi connectivity index (χ1) is 7.20. The fourth-order valence-corrected chi connectivity index (χ4v) is 1.71. The maximum atomic E-state index is 13.6. The first kappa shape index (κ1) is 13.2. The zero-order valence-corrected chi connectivity index (χ0v) is 10.7. The first-order valence-electron chi connectivity index (χ1n) is 5.49. The monoisotopic (exact) mass is 232 g/mol. The smallest absolute Gasteiger partial charge is 0.410 e. The van der Waals surface area contributed by atoms with Crippen molar-refractivity contribution in [3.63, 3.8) is 0 Å². The average molecular weight is 232 g/mol. The predicted molar refractivity (Wildman–Crippen MR) is 60.2 cm³/mol. The summed E-state index contributed by atoms with van der Waals surface area (Å²) >= 11 is 0. The maximum Gasteiger partial charge on any atom is 0.410 e. The summed E-state index contributed by atoms with van der Waals surface area (Å²) in [5.74, 6) is 0. The number of alkyl halides is 1. The second kappa shape index (κ2) is 4.57. The third kappa shape index (κ3) is 3.33. The molecule has 0 spiro atoms. The highest BCUT2D eigenvalue weighted by Gasteiger charge is 2.38. The zero-order valence-electron chi connectivity index (χ0n) is 10.7. The summed E-state index contributed by atoms with van der Waals surface area (Å²) in [6.07, 6.45) is -1.43. The number of hydrogen-bond acceptors (Lipinski definition) is 3. The molecule has 0 aromatic rings. The van der Waals surface area contributed by atoms with Crippen molar-refractivity contribution in [2.45, 2.75) is 38.6 Å². The lowest BCUT2D eigenvalue weighted by molar-refractivity contribution is 0.0279. The van der Waals surface area contributed by atoms with Crippen LogP contribution in [0.1, 0.15) is 20.8 Å². The van der Waals surface area contributed by atoms with Crippen LogP contribution in [-0.2, 0) is 4.74 Å². The molecule has 1 aliphatic heterocycles. The summed E-state index contributed by atoms with van der Waals surface area (Å²) < 4.78 is 18.8. The van der Waals surface area contributed by atoms with Gasteiger partial charge in [0.15, 0.2) is 0 Å². The minimum absolute atomic E-state index is 0.123. The highest BCUT2D eigenvalue weighted by atomic mass is 19.1. The number of carbonyl (C=O) groups is 1. The van der Waals surface area contributed by atoms with Crippen LogP contribution >= 0.6 is 0 Å². The molecule has 4 nitrogen and oxygen atoms in total. The summed E-state index contributed by atoms with van der Waals surface area (Å²) in [5, 5.41) is 0. The van der Waals surface area contributed by atoms with Crippen molar-refractivity contribution in [2.24, 2.45) is 0 Å². The Bertz CT molecular complexity index is 263. The van der Waals surface area contributed by atoms with Crippen LogP contribution < -0.4 is 0 Å². The van der Waals surface area contributed by atoms with E-state index in [0.29, 0.717) is 6.54 Å². The summed E-state index contributed by atoms with van der Waals surface area (Å²) in [4.78, 5) is 14.9. The van der Waals surface area contributed by atoms with Gasteiger partial charge in [-0.15, -0.1) is 0 Å². The molecule has 94 valence electrons. The molecular formula is C11H21FN2O2. The topological polar surface area (TPSA) is 32.8 Å². The minimum atomic E-state index is -0.998. The Morgan fingerprint density at radius 1 is 1.38 bits per heavy atom. The number of rotatable bonds is 1. The Labute approximate surface area is 96.3 Å². The van der Waals surface area contributed by atoms with Crippen LogP contribution in [0.4, 0.5) is 9.18 Å². The molecule has 5 heteroatoms. The Morgan fingerprint density at radius 3 is 2.31 bits per heavy atom. The largest absolute Gasteiger partial charge is 0.444 e. The molecule has 0 aliphatic carbocycles. The summed E-state index contributed by atoms with van der Waals surface area (Å²) in [6.45, 7) is 5.92. The fourth-order valence-electron chi connectivity index (χ4n) is 1.71. The van der Waals surface area contributed by atoms with Crippen LogP contribution in [0, 0.1) is 0 Å². The van der Waals surface area contributed by atoms with Crippen molar-refractivity contribution in [1.29, 1.82) is 0 Å². The minimum Gasteiger partial charge on any atom is -0.444 e. The lowest BCUT2D eigenvalue weighted by Crippen LogP contribution is -2.38. The Kier molecular flexibility index (Phi) is 3.78. The van der Waals surface area contributed by atoms with Gasteiger partial charge in [-0.2, -0.15) is 0 Å². The molecule has 1 fully saturated rings. The number of likely N-dealkylation sites (N-methyl/N-ethyl adjacent to an activating group) is 1. The molecule has 16 heavy (non-hydrogen) atoms. The first-order valence-corrected chi connectivity index (χ1v) is 5.49. The van der Waals surface area contributed by atoms with E-state index in [0.717, 1.165) is 0 Å². The van der Waals surface area contributed by atoms with E-state index in [1.54, 1.807) is 25.7 Å². The SMILES string of the molecule is CN(C)C1CN(C(=O)OC(C)(C)C)CC1F. The van der Waals surface area contributed by atoms with Gasteiger partial charge in [0.1, 0.15) is 11.8 Å². The van der Waals surface area contributed by atoms with E-state index in [2.05, 4.69) is 0 Å². The zero-order chi connectivity index (χ0) is 12.5. The van der Waals surface area contributed by atoms with Crippen molar-refractivity contribution >= 4 is 6.09 Å². The van der Waals surface area contributed by atoms with Crippen molar-refractivity contribution in [2.75, 3.05) is 27.2 Å². The van der Waals surface area contributed by atoms with Gasteiger partial charge in [-0.25, -0.2) is 9.18 Å². The Balaban J connectivity index is 2.55. The molecule has 1 aliphatic rings. The molecular weight excluding hydrogens is 211 g/mol. The van der Waals surface area contributed by atoms with E-state index in [1.165, 1.54) is 4.90 Å². The molecule has 0 N–H and O–H groups in total. The standard InChI is InChI=1S/C11H21FN2O2/c1-11(2,3)16-10(15)14-6-8(12)9(7-14)13(4)5/h8-9H,6-7H2,1-5H3. The molecule has 1 saturated heterocycles. The molecule has 2 atom stereocenters. The Morgan fingerprint density at radius 2 is 1.94 bits per heavy atom. The van der Waals surface area contributed by atoms with Gasteiger partial charge in [0.05, 0.1) is 12.6 Å². The molecule has 0 saturated carbocycles. The van der Waals surface area contributed by atoms with Gasteiger partial charge < -0.3 is 14.5 Å². The summed E-state index contributed by atoms with van der Waals surface area (Å²) in [5.41, 5.74) is -0.529. The van der Waals surface area contributed by atoms with Crippen LogP contribution in [0.2, 0.25) is 0 Å². The molecule has 1 heterocycles. The van der Waals surface area contributed by atoms with E-state index in [-0.39, 0.29) is 12.6 Å². The number of ether oxygens (including phenoxy) is 1. The summed E-state index contributed by atoms with van der Waals surface area (Å²) in [6, 6.07) is -0.229. The van der Waals surface area contributed by atoms with E-state index >= 15 is 0 Å². The van der Waals surface area contributed by atoms with Gasteiger partial charge >= 0.3 is 6.09 Å². The van der Waals surface area contributed by atoms with Gasteiger partial charge in [-0.1, -0.05) is 0 Å². The summed E-state index contributed by atoms with van der Waals surface area (Å²) in [7, 11) is 3.63. The number of likely N-dealkylation sites (tertiary alicyclic amines) is 1. The van der Waals surface area contributed by atoms with Crippen LogP contribution in [0.3, 0.4) is 0 Å². The van der Waals surface area contributed by atoms with Crippen molar-refractivity contribution in [3.05, 3.63) is 0 Å². The highest BCUT2D eigenvalue weighted by molar-refractivity contribution is 5.68. The van der Waals surface area contributed by atoms with Crippen LogP contribution in [0.15, 0.2) is 0 Å². The lowest BCUT2D eigenvalue weighted by atomic mass is 10.2. The molecule has 1 amide bonds. The van der Waals surface area contributed by atoms with E-state index < -0.39 is 17.9 Å². The highest BCUT2D eigenvalue weighted by Crippen LogP contribution is 2.19. The quantitative estimate of drug-likeness (QED) is 0.687. The van der Waals surface area contributed by atoms with E-state index in [1.807, 2.05) is 14.1 Å². The molecule has 0 bridgehead atoms. The Hall–Kier alpha value is -0.840. The number of carbonyl (C=O) groups excluding carboxylic acids is 1. The van der Waals surface area contributed by atoms with Gasteiger partial charge in [-0.05, 0) is 34.9 Å². The molecule has 1 rings (SSSR count). The van der Waals surface area contributed by atoms with Gasteiger partial charge in [-0.3, -0.25) is 0 Å². The second-order valence-electron chi connectivity index (χ2n) is 5.43. The molecule has 0 radical (unpaired) electrons. The van der Waals surface area contributed by atoms with E-state index in [9.17, 15) is 9.18 Å². The van der Waals surface area contributed by atoms with Crippen molar-refractivity contribution in [3.8, 4) is 0 Å². The van der Waals surface area contributed by atoms with Crippen LogP contribution in [0.25, 0.3) is 0 Å². The third-order valence-corrected chi connectivity index (χ3v) is 2.53. The average Bonchev–Trinajstić information content (AvgIpc) is 2.44. The van der Waals surface area contributed by atoms with Crippen LogP contribution in [0.5, 0.6) is 0 Å². The lowest BCUT2D eigenvalue weighted by Gasteiger charge is -2.24. The van der Waals surface area contributed by atoms with Crippen LogP contribution in [-0.4, -0.2) is 60.9 Å². The second-order valence-corrected chi connectivity index (χ2v) is 5.43.